The summed E-state index contributed by atoms with van der Waals surface area (Å²) in [5, 5.41) is 0. The minimum Gasteiger partial charge on any atom is -0.0805 e. The van der Waals surface area contributed by atoms with Crippen molar-refractivity contribution in [3.63, 3.8) is 0 Å². The first-order chi connectivity index (χ1) is 9.90. The Morgan fingerprint density at radius 2 is 1.80 bits per heavy atom. The number of hydrogen-bond donors (Lipinski definition) is 0. The van der Waals surface area contributed by atoms with E-state index in [2.05, 4.69) is 68.0 Å². The molecule has 1 saturated carbocycles. The SMILES string of the molecule is CCCCCC1C(c2ccccc2)[C]C2C=CC=CC21. The number of rotatable bonds is 5. The Hall–Kier alpha value is -1.30. The predicted molar refractivity (Wildman–Crippen MR) is 85.3 cm³/mol. The maximum Gasteiger partial charge on any atom is -0.000879 e. The van der Waals surface area contributed by atoms with Crippen LogP contribution >= 0.6 is 0 Å². The summed E-state index contributed by atoms with van der Waals surface area (Å²) in [6.45, 7) is 2.29. The molecule has 0 amide bonds. The molecule has 4 unspecified atom stereocenters. The summed E-state index contributed by atoms with van der Waals surface area (Å²) in [7, 11) is 0. The third-order valence-corrected chi connectivity index (χ3v) is 4.77. The molecule has 0 bridgehead atoms. The van der Waals surface area contributed by atoms with Crippen LogP contribution in [0.3, 0.4) is 0 Å². The number of unbranched alkanes of at least 4 members (excludes halogenated alkanes) is 2. The number of hydrogen-bond acceptors (Lipinski definition) is 0. The topological polar surface area (TPSA) is 0 Å². The van der Waals surface area contributed by atoms with Crippen molar-refractivity contribution in [3.05, 3.63) is 66.6 Å². The third-order valence-electron chi connectivity index (χ3n) is 4.77. The molecule has 0 heterocycles. The largest absolute Gasteiger partial charge is 0.0805 e. The minimum absolute atomic E-state index is 0.510. The van der Waals surface area contributed by atoms with E-state index in [0.717, 1.165) is 5.92 Å². The van der Waals surface area contributed by atoms with Crippen molar-refractivity contribution in [2.75, 3.05) is 0 Å². The van der Waals surface area contributed by atoms with Gasteiger partial charge in [0.2, 0.25) is 0 Å². The monoisotopic (exact) mass is 264 g/mol. The summed E-state index contributed by atoms with van der Waals surface area (Å²) in [5.74, 6) is 2.43. The highest BCUT2D eigenvalue weighted by atomic mass is 14.4. The van der Waals surface area contributed by atoms with Gasteiger partial charge < -0.3 is 0 Å². The molecule has 1 aromatic rings. The van der Waals surface area contributed by atoms with Crippen LogP contribution in [0.4, 0.5) is 0 Å². The fourth-order valence-electron chi connectivity index (χ4n) is 3.75. The van der Waals surface area contributed by atoms with E-state index in [4.69, 9.17) is 0 Å². The Balaban J connectivity index is 1.80. The lowest BCUT2D eigenvalue weighted by molar-refractivity contribution is 0.357. The maximum absolute atomic E-state index is 3.85. The molecule has 1 fully saturated rings. The van der Waals surface area contributed by atoms with Crippen molar-refractivity contribution < 1.29 is 0 Å². The second-order valence-electron chi connectivity index (χ2n) is 6.09. The standard InChI is InChI=1S/C20H24/c1-2-3-5-14-19-18-13-9-8-12-17(18)15-20(19)16-10-6-4-7-11-16/h4,6-13,17-20H,2-3,5,14H2,1H3. The van der Waals surface area contributed by atoms with Crippen molar-refractivity contribution in [2.45, 2.75) is 38.5 Å². The van der Waals surface area contributed by atoms with E-state index in [0.29, 0.717) is 17.8 Å². The average Bonchev–Trinajstić information content (AvgIpc) is 2.87. The van der Waals surface area contributed by atoms with Crippen molar-refractivity contribution in [2.24, 2.45) is 17.8 Å². The van der Waals surface area contributed by atoms with Crippen molar-refractivity contribution in [1.82, 2.24) is 0 Å². The van der Waals surface area contributed by atoms with Gasteiger partial charge in [0.15, 0.2) is 0 Å². The molecule has 0 aromatic heterocycles. The molecule has 0 aliphatic heterocycles. The number of allylic oxidation sites excluding steroid dienone is 4. The summed E-state index contributed by atoms with van der Waals surface area (Å²) in [6, 6.07) is 11.0. The average molecular weight is 264 g/mol. The molecule has 4 atom stereocenters. The minimum atomic E-state index is 0.510. The molecule has 20 heavy (non-hydrogen) atoms. The molecule has 2 aliphatic carbocycles. The first kappa shape index (κ1) is 13.7. The Labute approximate surface area is 123 Å². The summed E-state index contributed by atoms with van der Waals surface area (Å²) >= 11 is 0. The summed E-state index contributed by atoms with van der Waals surface area (Å²) < 4.78 is 0. The van der Waals surface area contributed by atoms with Gasteiger partial charge in [-0.3, -0.25) is 0 Å². The van der Waals surface area contributed by atoms with E-state index >= 15 is 0 Å². The van der Waals surface area contributed by atoms with Gasteiger partial charge in [-0.05, 0) is 42.1 Å². The number of fused-ring (bicyclic) bond motifs is 1. The fourth-order valence-corrected chi connectivity index (χ4v) is 3.75. The van der Waals surface area contributed by atoms with Crippen LogP contribution < -0.4 is 0 Å². The van der Waals surface area contributed by atoms with Crippen LogP contribution in [0, 0.1) is 24.2 Å². The zero-order chi connectivity index (χ0) is 13.8. The third kappa shape index (κ3) is 2.75. The second kappa shape index (κ2) is 6.43. The Morgan fingerprint density at radius 1 is 1.00 bits per heavy atom. The first-order valence-electron chi connectivity index (χ1n) is 8.06. The second-order valence-corrected chi connectivity index (χ2v) is 6.09. The van der Waals surface area contributed by atoms with Gasteiger partial charge in [-0.15, -0.1) is 0 Å². The molecule has 3 rings (SSSR count). The summed E-state index contributed by atoms with van der Waals surface area (Å²) in [5.41, 5.74) is 1.45. The van der Waals surface area contributed by atoms with Crippen LogP contribution in [0.5, 0.6) is 0 Å². The van der Waals surface area contributed by atoms with E-state index in [1.54, 1.807) is 0 Å². The molecule has 0 heteroatoms. The van der Waals surface area contributed by atoms with Crippen LogP contribution in [0.25, 0.3) is 0 Å². The quantitative estimate of drug-likeness (QED) is 0.623. The molecule has 2 radical (unpaired) electrons. The van der Waals surface area contributed by atoms with Crippen LogP contribution in [-0.2, 0) is 0 Å². The summed E-state index contributed by atoms with van der Waals surface area (Å²) in [4.78, 5) is 0. The highest BCUT2D eigenvalue weighted by molar-refractivity contribution is 5.32. The highest BCUT2D eigenvalue weighted by Gasteiger charge is 2.41. The number of benzene rings is 1. The smallest absolute Gasteiger partial charge is 0.000879 e. The molecular formula is C20H24. The highest BCUT2D eigenvalue weighted by Crippen LogP contribution is 2.50. The van der Waals surface area contributed by atoms with Gasteiger partial charge in [-0.1, -0.05) is 80.8 Å². The lowest BCUT2D eigenvalue weighted by Crippen LogP contribution is -2.15. The maximum atomic E-state index is 3.85. The molecule has 104 valence electrons. The van der Waals surface area contributed by atoms with E-state index in [1.807, 2.05) is 0 Å². The molecule has 0 spiro atoms. The molecule has 1 aromatic carbocycles. The Morgan fingerprint density at radius 3 is 2.60 bits per heavy atom. The van der Waals surface area contributed by atoms with Crippen molar-refractivity contribution in [1.29, 1.82) is 0 Å². The first-order valence-corrected chi connectivity index (χ1v) is 8.06. The molecule has 2 aliphatic rings. The van der Waals surface area contributed by atoms with Crippen LogP contribution in [0.15, 0.2) is 54.6 Å². The van der Waals surface area contributed by atoms with Gasteiger partial charge >= 0.3 is 0 Å². The van der Waals surface area contributed by atoms with Crippen molar-refractivity contribution >= 4 is 0 Å². The van der Waals surface area contributed by atoms with Gasteiger partial charge in [0, 0.05) is 0 Å². The van der Waals surface area contributed by atoms with Gasteiger partial charge in [0.1, 0.15) is 0 Å². The molecule has 0 saturated heterocycles. The zero-order valence-corrected chi connectivity index (χ0v) is 12.3. The lowest BCUT2D eigenvalue weighted by Gasteiger charge is -2.25. The Bertz CT molecular complexity index is 468. The van der Waals surface area contributed by atoms with Crippen LogP contribution in [0.1, 0.15) is 44.1 Å². The zero-order valence-electron chi connectivity index (χ0n) is 12.3. The van der Waals surface area contributed by atoms with Gasteiger partial charge in [-0.25, -0.2) is 0 Å². The van der Waals surface area contributed by atoms with E-state index in [1.165, 1.54) is 31.2 Å². The lowest BCUT2D eigenvalue weighted by atomic mass is 9.79. The fraction of sp³-hybridized carbons (Fsp3) is 0.450. The van der Waals surface area contributed by atoms with E-state index in [-0.39, 0.29) is 0 Å². The van der Waals surface area contributed by atoms with E-state index in [9.17, 15) is 0 Å². The van der Waals surface area contributed by atoms with E-state index < -0.39 is 0 Å². The van der Waals surface area contributed by atoms with Gasteiger partial charge in [0.05, 0.1) is 0 Å². The van der Waals surface area contributed by atoms with Crippen molar-refractivity contribution in [3.8, 4) is 0 Å². The molecule has 0 N–H and O–H groups in total. The Kier molecular flexibility index (Phi) is 4.40. The van der Waals surface area contributed by atoms with Crippen LogP contribution in [-0.4, -0.2) is 0 Å². The summed E-state index contributed by atoms with van der Waals surface area (Å²) in [6.07, 6.45) is 18.4. The van der Waals surface area contributed by atoms with Gasteiger partial charge in [-0.2, -0.15) is 0 Å². The van der Waals surface area contributed by atoms with Crippen LogP contribution in [0.2, 0.25) is 0 Å². The normalized spacial score (nSPS) is 31.4. The predicted octanol–water partition coefficient (Wildman–Crippen LogP) is 5.42. The van der Waals surface area contributed by atoms with Gasteiger partial charge in [0.25, 0.3) is 0 Å². The molecular weight excluding hydrogens is 240 g/mol. The molecule has 0 nitrogen and oxygen atoms in total.